The molecule has 2 bridgehead atoms. The molecule has 0 saturated carbocycles. The van der Waals surface area contributed by atoms with Crippen LogP contribution in [0.15, 0.2) is 0 Å². The van der Waals surface area contributed by atoms with E-state index < -0.39 is 18.5 Å². The monoisotopic (exact) mass is 162 g/mol. The van der Waals surface area contributed by atoms with Gasteiger partial charge in [0, 0.05) is 0 Å². The predicted molar refractivity (Wildman–Crippen MR) is 33.3 cm³/mol. The number of aliphatic hydroxyl groups excluding tert-OH is 2. The fraction of sp³-hybridized carbons (Fsp3) is 1.00. The molecular formula is C6H12NO4+. The number of aliphatic hydroxyl groups is 2. The fourth-order valence-electron chi connectivity index (χ4n) is 1.48. The van der Waals surface area contributed by atoms with Crippen LogP contribution in [0.2, 0.25) is 0 Å². The molecule has 5 heteroatoms. The molecule has 0 aromatic rings. The van der Waals surface area contributed by atoms with Crippen LogP contribution in [0, 0.1) is 0 Å². The molecule has 2 aliphatic rings. The lowest BCUT2D eigenvalue weighted by molar-refractivity contribution is -0.485. The number of ether oxygens (including phenoxy) is 2. The van der Waals surface area contributed by atoms with Crippen LogP contribution >= 0.6 is 0 Å². The lowest BCUT2D eigenvalue weighted by Gasteiger charge is -2.30. The summed E-state index contributed by atoms with van der Waals surface area (Å²) < 4.78 is 10.3. The Hall–Kier alpha value is -0.200. The van der Waals surface area contributed by atoms with Crippen molar-refractivity contribution in [3.05, 3.63) is 0 Å². The zero-order valence-electron chi connectivity index (χ0n) is 6.01. The Bertz CT molecular complexity index is 145. The predicted octanol–water partition coefficient (Wildman–Crippen LogP) is -2.93. The van der Waals surface area contributed by atoms with Crippen LogP contribution < -0.4 is 5.73 Å². The van der Waals surface area contributed by atoms with Crippen LogP contribution in [0.5, 0.6) is 0 Å². The molecule has 5 atom stereocenters. The molecule has 11 heavy (non-hydrogen) atoms. The normalized spacial score (nSPS) is 56.5. The first kappa shape index (κ1) is 7.45. The molecule has 2 rings (SSSR count). The van der Waals surface area contributed by atoms with E-state index in [0.717, 1.165) is 0 Å². The van der Waals surface area contributed by atoms with E-state index in [9.17, 15) is 10.2 Å². The minimum Gasteiger partial charge on any atom is -0.387 e. The smallest absolute Gasteiger partial charge is 0.213 e. The first-order valence-corrected chi connectivity index (χ1v) is 3.66. The number of hydrogen-bond donors (Lipinski definition) is 3. The third-order valence-electron chi connectivity index (χ3n) is 2.25. The van der Waals surface area contributed by atoms with Gasteiger partial charge in [0.05, 0.1) is 6.61 Å². The molecular weight excluding hydrogens is 150 g/mol. The second kappa shape index (κ2) is 2.40. The summed E-state index contributed by atoms with van der Waals surface area (Å²) in [7, 11) is 0. The fourth-order valence-corrected chi connectivity index (χ4v) is 1.48. The van der Waals surface area contributed by atoms with Gasteiger partial charge < -0.3 is 25.4 Å². The molecule has 2 fully saturated rings. The Morgan fingerprint density at radius 3 is 2.73 bits per heavy atom. The molecule has 0 unspecified atom stereocenters. The van der Waals surface area contributed by atoms with E-state index in [-0.39, 0.29) is 12.1 Å². The number of quaternary nitrogens is 1. The van der Waals surface area contributed by atoms with Gasteiger partial charge in [-0.2, -0.15) is 0 Å². The second-order valence-electron chi connectivity index (χ2n) is 3.02. The van der Waals surface area contributed by atoms with Crippen LogP contribution in [-0.2, 0) is 9.47 Å². The molecule has 2 heterocycles. The van der Waals surface area contributed by atoms with Gasteiger partial charge in [0.2, 0.25) is 6.29 Å². The molecule has 2 saturated heterocycles. The van der Waals surface area contributed by atoms with E-state index in [4.69, 9.17) is 9.47 Å². The van der Waals surface area contributed by atoms with Crippen molar-refractivity contribution in [2.75, 3.05) is 6.61 Å². The Morgan fingerprint density at radius 1 is 1.27 bits per heavy atom. The maximum Gasteiger partial charge on any atom is 0.213 e. The lowest BCUT2D eigenvalue weighted by Crippen LogP contribution is -2.75. The Balaban J connectivity index is 2.16. The van der Waals surface area contributed by atoms with Gasteiger partial charge in [-0.3, -0.25) is 0 Å². The minimum absolute atomic E-state index is 0.356. The van der Waals surface area contributed by atoms with Crippen LogP contribution in [0.4, 0.5) is 0 Å². The molecule has 5 N–H and O–H groups in total. The highest BCUT2D eigenvalue weighted by Crippen LogP contribution is 2.25. The maximum absolute atomic E-state index is 9.35. The Labute approximate surface area is 63.7 Å². The highest BCUT2D eigenvalue weighted by molar-refractivity contribution is 4.91. The zero-order chi connectivity index (χ0) is 8.01. The molecule has 5 nitrogen and oxygen atoms in total. The summed E-state index contributed by atoms with van der Waals surface area (Å²) in [5, 5.41) is 18.7. The van der Waals surface area contributed by atoms with Crippen molar-refractivity contribution < 1.29 is 25.4 Å². The van der Waals surface area contributed by atoms with Gasteiger partial charge in [-0.1, -0.05) is 0 Å². The zero-order valence-corrected chi connectivity index (χ0v) is 6.01. The summed E-state index contributed by atoms with van der Waals surface area (Å²) in [4.78, 5) is 0. The third-order valence-corrected chi connectivity index (χ3v) is 2.25. The maximum atomic E-state index is 9.35. The van der Waals surface area contributed by atoms with E-state index in [1.165, 1.54) is 0 Å². The van der Waals surface area contributed by atoms with Gasteiger partial charge in [-0.15, -0.1) is 0 Å². The number of hydrogen-bond acceptors (Lipinski definition) is 4. The molecule has 0 amide bonds. The summed E-state index contributed by atoms with van der Waals surface area (Å²) in [6, 6.07) is -0.385. The van der Waals surface area contributed by atoms with Crippen molar-refractivity contribution in [3.63, 3.8) is 0 Å². The van der Waals surface area contributed by atoms with E-state index >= 15 is 0 Å². The van der Waals surface area contributed by atoms with Crippen molar-refractivity contribution in [1.82, 2.24) is 0 Å². The lowest BCUT2D eigenvalue weighted by atomic mass is 10.00. The van der Waals surface area contributed by atoms with Gasteiger partial charge in [-0.25, -0.2) is 0 Å². The standard InChI is InChI=1S/C6H11NO4/c7-3-5(9)4(8)2-1-10-6(3)11-2/h2-6,8-9H,1,7H2/p+1/t2-,3+,4+,5+,6-/m0/s1. The molecule has 0 aromatic heterocycles. The van der Waals surface area contributed by atoms with E-state index in [2.05, 4.69) is 5.73 Å². The van der Waals surface area contributed by atoms with Crippen LogP contribution in [0.1, 0.15) is 0 Å². The summed E-state index contributed by atoms with van der Waals surface area (Å²) in [6.07, 6.45) is -2.47. The Morgan fingerprint density at radius 2 is 2.00 bits per heavy atom. The summed E-state index contributed by atoms with van der Waals surface area (Å²) in [5.41, 5.74) is 3.65. The van der Waals surface area contributed by atoms with Crippen LogP contribution in [0.25, 0.3) is 0 Å². The van der Waals surface area contributed by atoms with Crippen LogP contribution in [-0.4, -0.2) is 47.5 Å². The minimum atomic E-state index is -0.851. The average molecular weight is 162 g/mol. The first-order valence-electron chi connectivity index (χ1n) is 3.66. The quantitative estimate of drug-likeness (QED) is 0.356. The van der Waals surface area contributed by atoms with Crippen molar-refractivity contribution in [2.45, 2.75) is 30.6 Å². The first-order chi connectivity index (χ1) is 5.20. The number of fused-ring (bicyclic) bond motifs is 2. The molecule has 0 aliphatic carbocycles. The van der Waals surface area contributed by atoms with Crippen molar-refractivity contribution >= 4 is 0 Å². The van der Waals surface area contributed by atoms with Gasteiger partial charge in [0.15, 0.2) is 6.04 Å². The Kier molecular flexibility index (Phi) is 1.62. The molecule has 0 aromatic carbocycles. The van der Waals surface area contributed by atoms with Crippen molar-refractivity contribution in [1.29, 1.82) is 0 Å². The van der Waals surface area contributed by atoms with E-state index in [1.54, 1.807) is 0 Å². The van der Waals surface area contributed by atoms with Crippen molar-refractivity contribution in [3.8, 4) is 0 Å². The molecule has 0 spiro atoms. The molecule has 64 valence electrons. The molecule has 2 aliphatic heterocycles. The van der Waals surface area contributed by atoms with E-state index in [1.807, 2.05) is 0 Å². The van der Waals surface area contributed by atoms with Gasteiger partial charge in [0.1, 0.15) is 18.3 Å². The van der Waals surface area contributed by atoms with Gasteiger partial charge in [-0.05, 0) is 0 Å². The largest absolute Gasteiger partial charge is 0.387 e. The average Bonchev–Trinajstić information content (AvgIpc) is 2.44. The van der Waals surface area contributed by atoms with Crippen molar-refractivity contribution in [2.24, 2.45) is 0 Å². The van der Waals surface area contributed by atoms with E-state index in [0.29, 0.717) is 6.61 Å². The molecule has 0 radical (unpaired) electrons. The highest BCUT2D eigenvalue weighted by atomic mass is 16.7. The van der Waals surface area contributed by atoms with Gasteiger partial charge in [0.25, 0.3) is 0 Å². The summed E-state index contributed by atoms with van der Waals surface area (Å²) in [5.74, 6) is 0. The summed E-state index contributed by atoms with van der Waals surface area (Å²) >= 11 is 0. The highest BCUT2D eigenvalue weighted by Gasteiger charge is 2.50. The van der Waals surface area contributed by atoms with Crippen LogP contribution in [0.3, 0.4) is 0 Å². The SMILES string of the molecule is [NH3+][C@H]1[C@H]2OC[C@H](O2)[C@@H](O)[C@@H]1O. The number of rotatable bonds is 0. The third kappa shape index (κ3) is 0.969. The second-order valence-corrected chi connectivity index (χ2v) is 3.02. The topological polar surface area (TPSA) is 86.6 Å². The summed E-state index contributed by atoms with van der Waals surface area (Å²) in [6.45, 7) is 0.356. The van der Waals surface area contributed by atoms with Gasteiger partial charge >= 0.3 is 0 Å².